The van der Waals surface area contributed by atoms with Crippen LogP contribution in [-0.2, 0) is 11.2 Å². The average molecular weight is 331 g/mol. The third kappa shape index (κ3) is 4.16. The molecule has 0 aromatic heterocycles. The zero-order chi connectivity index (χ0) is 17.5. The van der Waals surface area contributed by atoms with Gasteiger partial charge >= 0.3 is 0 Å². The Balaban J connectivity index is 2.30. The number of nitrogens with zero attached hydrogens (tertiary/aromatic N) is 1. The average Bonchev–Trinajstić information content (AvgIpc) is 2.57. The fourth-order valence-electron chi connectivity index (χ4n) is 2.87. The van der Waals surface area contributed by atoms with Crippen molar-refractivity contribution >= 4 is 11.5 Å². The van der Waals surface area contributed by atoms with Crippen molar-refractivity contribution in [1.82, 2.24) is 0 Å². The molecule has 5 nitrogen and oxygen atoms in total. The maximum Gasteiger partial charge on any atom is 0.168 e. The highest BCUT2D eigenvalue weighted by molar-refractivity contribution is 6.24. The Bertz CT molecular complexity index is 661. The maximum absolute atomic E-state index is 12.2. The number of hydrogen-bond donors (Lipinski definition) is 1. The van der Waals surface area contributed by atoms with Gasteiger partial charge in [-0.05, 0) is 44.4 Å². The summed E-state index contributed by atoms with van der Waals surface area (Å²) in [5, 5.41) is 10.5. The number of allylic oxidation sites excluding steroid dienone is 2. The van der Waals surface area contributed by atoms with Crippen LogP contribution in [0, 0.1) is 0 Å². The Labute approximate surface area is 143 Å². The number of carbonyl (C=O) groups is 1. The van der Waals surface area contributed by atoms with Gasteiger partial charge in [-0.1, -0.05) is 6.07 Å². The second-order valence-electron chi connectivity index (χ2n) is 5.59. The van der Waals surface area contributed by atoms with Crippen molar-refractivity contribution < 1.29 is 19.4 Å². The van der Waals surface area contributed by atoms with Crippen molar-refractivity contribution in [2.45, 2.75) is 39.5 Å². The van der Waals surface area contributed by atoms with E-state index in [0.717, 1.165) is 18.4 Å². The quantitative estimate of drug-likeness (QED) is 0.638. The Morgan fingerprint density at radius 2 is 1.88 bits per heavy atom. The molecule has 0 saturated heterocycles. The zero-order valence-electron chi connectivity index (χ0n) is 14.6. The van der Waals surface area contributed by atoms with Crippen molar-refractivity contribution in [3.63, 3.8) is 0 Å². The van der Waals surface area contributed by atoms with Gasteiger partial charge in [-0.25, -0.2) is 0 Å². The van der Waals surface area contributed by atoms with E-state index >= 15 is 0 Å². The normalized spacial score (nSPS) is 18.6. The minimum Gasteiger partial charge on any atom is -0.511 e. The number of ether oxygens (including phenoxy) is 2. The molecule has 1 aliphatic rings. The van der Waals surface area contributed by atoms with E-state index in [-0.39, 0.29) is 18.0 Å². The number of aliphatic hydroxyl groups is 1. The summed E-state index contributed by atoms with van der Waals surface area (Å²) in [6, 6.07) is 5.56. The van der Waals surface area contributed by atoms with E-state index < -0.39 is 0 Å². The van der Waals surface area contributed by atoms with Gasteiger partial charge < -0.3 is 14.6 Å². The van der Waals surface area contributed by atoms with Crippen LogP contribution in [0.25, 0.3) is 0 Å². The maximum atomic E-state index is 12.2. The molecule has 0 amide bonds. The van der Waals surface area contributed by atoms with Crippen LogP contribution in [-0.4, -0.2) is 36.9 Å². The number of hydrogen-bond acceptors (Lipinski definition) is 5. The number of ketones is 1. The molecule has 0 unspecified atom stereocenters. The molecule has 130 valence electrons. The number of benzene rings is 1. The molecule has 2 rings (SSSR count). The lowest BCUT2D eigenvalue weighted by atomic mass is 9.89. The summed E-state index contributed by atoms with van der Waals surface area (Å²) >= 11 is 0. The molecule has 1 aromatic rings. The topological polar surface area (TPSA) is 68.1 Å². The predicted molar refractivity (Wildman–Crippen MR) is 94.4 cm³/mol. The van der Waals surface area contributed by atoms with E-state index in [1.54, 1.807) is 7.05 Å². The van der Waals surface area contributed by atoms with Crippen LogP contribution < -0.4 is 9.47 Å². The van der Waals surface area contributed by atoms with Gasteiger partial charge in [0.25, 0.3) is 0 Å². The molecule has 1 aliphatic carbocycles. The van der Waals surface area contributed by atoms with Gasteiger partial charge in [0, 0.05) is 25.6 Å². The molecule has 1 saturated carbocycles. The summed E-state index contributed by atoms with van der Waals surface area (Å²) in [5.41, 5.74) is 1.94. The first-order valence-electron chi connectivity index (χ1n) is 8.40. The van der Waals surface area contributed by atoms with Crippen LogP contribution in [0.2, 0.25) is 0 Å². The molecule has 0 radical (unpaired) electrons. The summed E-state index contributed by atoms with van der Waals surface area (Å²) in [5.74, 6) is 1.37. The third-order valence-corrected chi connectivity index (χ3v) is 3.92. The van der Waals surface area contributed by atoms with Gasteiger partial charge in [0.2, 0.25) is 0 Å². The van der Waals surface area contributed by atoms with E-state index in [4.69, 9.17) is 9.47 Å². The molecule has 24 heavy (non-hydrogen) atoms. The van der Waals surface area contributed by atoms with Gasteiger partial charge in [0.15, 0.2) is 17.3 Å². The highest BCUT2D eigenvalue weighted by Crippen LogP contribution is 2.30. The minimum atomic E-state index is -0.0321. The van der Waals surface area contributed by atoms with Crippen LogP contribution in [0.4, 0.5) is 0 Å². The first-order valence-corrected chi connectivity index (χ1v) is 8.40. The van der Waals surface area contributed by atoms with Crippen molar-refractivity contribution in [3.05, 3.63) is 35.1 Å². The summed E-state index contributed by atoms with van der Waals surface area (Å²) in [6.07, 6.45) is 2.26. The van der Waals surface area contributed by atoms with Gasteiger partial charge in [0.1, 0.15) is 5.76 Å². The highest BCUT2D eigenvalue weighted by atomic mass is 16.5. The van der Waals surface area contributed by atoms with E-state index in [1.165, 1.54) is 0 Å². The Morgan fingerprint density at radius 3 is 2.54 bits per heavy atom. The minimum absolute atomic E-state index is 0.0321. The summed E-state index contributed by atoms with van der Waals surface area (Å²) in [7, 11) is 1.66. The van der Waals surface area contributed by atoms with Gasteiger partial charge in [-0.2, -0.15) is 0 Å². The second-order valence-corrected chi connectivity index (χ2v) is 5.59. The molecule has 1 fully saturated rings. The lowest BCUT2D eigenvalue weighted by molar-refractivity contribution is -0.115. The molecule has 1 aromatic carbocycles. The number of carbonyl (C=O) groups excluding carboxylic acids is 1. The molecule has 0 heterocycles. The molecule has 0 spiro atoms. The zero-order valence-corrected chi connectivity index (χ0v) is 14.6. The van der Waals surface area contributed by atoms with E-state index in [1.807, 2.05) is 32.0 Å². The van der Waals surface area contributed by atoms with E-state index in [0.29, 0.717) is 42.4 Å². The fourth-order valence-corrected chi connectivity index (χ4v) is 2.87. The summed E-state index contributed by atoms with van der Waals surface area (Å²) in [6.45, 7) is 4.91. The van der Waals surface area contributed by atoms with Crippen molar-refractivity contribution in [2.24, 2.45) is 4.99 Å². The molecular formula is C19H25NO4. The molecule has 0 atom stereocenters. The van der Waals surface area contributed by atoms with E-state index in [2.05, 4.69) is 4.99 Å². The highest BCUT2D eigenvalue weighted by Gasteiger charge is 2.25. The second kappa shape index (κ2) is 8.52. The first-order chi connectivity index (χ1) is 11.6. The molecular weight excluding hydrogens is 306 g/mol. The molecule has 0 bridgehead atoms. The fraction of sp³-hybridized carbons (Fsp3) is 0.474. The molecule has 5 heteroatoms. The monoisotopic (exact) mass is 331 g/mol. The predicted octanol–water partition coefficient (Wildman–Crippen LogP) is 3.66. The van der Waals surface area contributed by atoms with Crippen molar-refractivity contribution in [3.8, 4) is 11.5 Å². The van der Waals surface area contributed by atoms with Gasteiger partial charge in [-0.15, -0.1) is 0 Å². The van der Waals surface area contributed by atoms with Crippen molar-refractivity contribution in [1.29, 1.82) is 0 Å². The molecule has 0 aliphatic heterocycles. The number of rotatable bonds is 6. The molecule has 1 N–H and O–H groups in total. The van der Waals surface area contributed by atoms with Crippen LogP contribution >= 0.6 is 0 Å². The SMILES string of the molecule is CCOc1ccc(C/C(O)=C2\C(=O)CCCC2=NC)cc1OCC. The Hall–Kier alpha value is -2.30. The van der Waals surface area contributed by atoms with Crippen LogP contribution in [0.15, 0.2) is 34.5 Å². The summed E-state index contributed by atoms with van der Waals surface area (Å²) < 4.78 is 11.2. The third-order valence-electron chi connectivity index (χ3n) is 3.92. The van der Waals surface area contributed by atoms with E-state index in [9.17, 15) is 9.90 Å². The van der Waals surface area contributed by atoms with Crippen LogP contribution in [0.5, 0.6) is 11.5 Å². The van der Waals surface area contributed by atoms with Gasteiger partial charge in [0.05, 0.1) is 18.8 Å². The smallest absolute Gasteiger partial charge is 0.168 e. The van der Waals surface area contributed by atoms with Crippen molar-refractivity contribution in [2.75, 3.05) is 20.3 Å². The van der Waals surface area contributed by atoms with Crippen LogP contribution in [0.3, 0.4) is 0 Å². The largest absolute Gasteiger partial charge is 0.511 e. The lowest BCUT2D eigenvalue weighted by Gasteiger charge is -2.18. The lowest BCUT2D eigenvalue weighted by Crippen LogP contribution is -2.21. The Morgan fingerprint density at radius 1 is 1.17 bits per heavy atom. The number of aliphatic imine (C=N–C) groups is 1. The van der Waals surface area contributed by atoms with Gasteiger partial charge in [-0.3, -0.25) is 9.79 Å². The Kier molecular flexibility index (Phi) is 6.41. The summed E-state index contributed by atoms with van der Waals surface area (Å²) in [4.78, 5) is 16.3. The number of aliphatic hydroxyl groups excluding tert-OH is 1. The first kappa shape index (κ1) is 18.0. The number of Topliss-reactive ketones (excluding diaryl/α,β-unsaturated/α-hetero) is 1. The van der Waals surface area contributed by atoms with Crippen LogP contribution in [0.1, 0.15) is 38.7 Å². The standard InChI is InChI=1S/C19H25NO4/c1-4-23-17-10-9-13(12-18(17)24-5-2)11-16(22)19-14(20-3)7-6-8-15(19)21/h9-10,12,22H,4-8,11H2,1-3H3/b19-16+,20-14?.